The summed E-state index contributed by atoms with van der Waals surface area (Å²) in [7, 11) is 0. The van der Waals surface area contributed by atoms with E-state index < -0.39 is 0 Å². The molecule has 220 valence electrons. The summed E-state index contributed by atoms with van der Waals surface area (Å²) in [5.74, 6) is 0. The minimum absolute atomic E-state index is 0. The molecule has 7 nitrogen and oxygen atoms in total. The maximum absolute atomic E-state index is 4.35. The normalized spacial score (nSPS) is 14.4. The Balaban J connectivity index is 0.000000149. The molecule has 0 amide bonds. The van der Waals surface area contributed by atoms with E-state index in [1.54, 1.807) is 37.2 Å². The SMILES string of the molecule is C1=C[N-]c2c3c(ccc2=C1)=CC=C[N-]3.C1=C[N-]c2c3c(ccc2=C1)=CC=C[N-]3.C1=C[N-]c2c3c(ccc2=C1)=CC=C[N-]3.O.[Cl-].[Ru+8]. The largest absolute Gasteiger partial charge is 8.00 e. The molecule has 2 N–H and O–H groups in total. The van der Waals surface area contributed by atoms with Crippen LogP contribution in [0, 0.1) is 0 Å². The van der Waals surface area contributed by atoms with Gasteiger partial charge < -0.3 is 49.8 Å². The Bertz CT molecular complexity index is 1760. The summed E-state index contributed by atoms with van der Waals surface area (Å²) in [6.07, 6.45) is 34.8. The molecule has 6 aliphatic heterocycles. The van der Waals surface area contributed by atoms with E-state index in [4.69, 9.17) is 0 Å². The molecule has 3 aromatic carbocycles. The molecule has 9 rings (SSSR count). The number of halogens is 1. The van der Waals surface area contributed by atoms with E-state index in [0.717, 1.165) is 65.4 Å². The zero-order valence-corrected chi connectivity index (χ0v) is 26.3. The first kappa shape index (κ1) is 32.9. The molecule has 0 atom stereocenters. The summed E-state index contributed by atoms with van der Waals surface area (Å²) in [5.41, 5.74) is 5.86. The maximum Gasteiger partial charge on any atom is 8.00 e. The molecule has 6 heterocycles. The Kier molecular flexibility index (Phi) is 11.1. The summed E-state index contributed by atoms with van der Waals surface area (Å²) < 4.78 is 0. The third-order valence-electron chi connectivity index (χ3n) is 7.03. The second-order valence-corrected chi connectivity index (χ2v) is 9.65. The molecule has 0 aromatic heterocycles. The summed E-state index contributed by atoms with van der Waals surface area (Å²) in [6, 6.07) is 12.5. The van der Waals surface area contributed by atoms with Crippen LogP contribution in [0.4, 0.5) is 34.1 Å². The minimum atomic E-state index is 0. The quantitative estimate of drug-likeness (QED) is 0.322. The van der Waals surface area contributed by atoms with Crippen molar-refractivity contribution in [1.82, 2.24) is 0 Å². The zero-order valence-electron chi connectivity index (χ0n) is 23.8. The number of allylic oxidation sites excluding steroid dienone is 6. The fourth-order valence-electron chi connectivity index (χ4n) is 5.04. The smallest absolute Gasteiger partial charge is 1.00 e. The summed E-state index contributed by atoms with van der Waals surface area (Å²) >= 11 is 0. The average molecular weight is 695 g/mol. The van der Waals surface area contributed by atoms with Gasteiger partial charge in [0.2, 0.25) is 0 Å². The number of hydrogen-bond donors (Lipinski definition) is 0. The van der Waals surface area contributed by atoms with Gasteiger partial charge in [-0.15, -0.1) is 34.1 Å². The van der Waals surface area contributed by atoms with E-state index in [-0.39, 0.29) is 37.4 Å². The number of fused-ring (bicyclic) bond motifs is 9. The van der Waals surface area contributed by atoms with Gasteiger partial charge in [-0.25, -0.2) is 0 Å². The van der Waals surface area contributed by atoms with Gasteiger partial charge in [0.05, 0.1) is 0 Å². The van der Waals surface area contributed by atoms with Crippen LogP contribution in [-0.2, 0) is 19.5 Å². The summed E-state index contributed by atoms with van der Waals surface area (Å²) in [5, 5.41) is 32.9. The van der Waals surface area contributed by atoms with Gasteiger partial charge in [-0.2, -0.15) is 37.2 Å². The van der Waals surface area contributed by atoms with Crippen LogP contribution in [0.3, 0.4) is 0 Å². The standard InChI is InChI=1S/3C12H8N2.ClH.H2O.Ru/c3*1-3-9-5-6-10-4-2-8-14-12(10)11(9)13-7-1;;;/h3*1-8H;1H;1H2;/q3*-2;;;+8/p-1. The van der Waals surface area contributed by atoms with Gasteiger partial charge in [0.15, 0.2) is 0 Å². The Hall–Kier alpha value is -5.01. The Morgan fingerprint density at radius 3 is 0.600 bits per heavy atom. The van der Waals surface area contributed by atoms with Crippen LogP contribution >= 0.6 is 0 Å². The van der Waals surface area contributed by atoms with E-state index in [1.165, 1.54) is 0 Å². The molecular weight excluding hydrogens is 669 g/mol. The van der Waals surface area contributed by atoms with E-state index in [1.807, 2.05) is 36.5 Å². The fraction of sp³-hybridized carbons (Fsp3) is 0. The molecule has 6 aliphatic rings. The van der Waals surface area contributed by atoms with Crippen LogP contribution in [-0.4, -0.2) is 5.48 Å². The van der Waals surface area contributed by atoms with Crippen LogP contribution < -0.4 is 43.7 Å². The third kappa shape index (κ3) is 6.89. The van der Waals surface area contributed by atoms with E-state index in [0.29, 0.717) is 0 Å². The number of nitrogens with zero attached hydrogens (tertiary/aromatic N) is 6. The number of benzene rings is 3. The van der Waals surface area contributed by atoms with Crippen molar-refractivity contribution in [2.45, 2.75) is 0 Å². The topological polar surface area (TPSA) is 116 Å². The van der Waals surface area contributed by atoms with Crippen LogP contribution in [0.1, 0.15) is 0 Å². The van der Waals surface area contributed by atoms with Gasteiger partial charge in [0.1, 0.15) is 0 Å². The molecule has 9 heteroatoms. The summed E-state index contributed by atoms with van der Waals surface area (Å²) in [6.45, 7) is 0. The molecule has 0 spiro atoms. The first-order chi connectivity index (χ1) is 20.8. The zero-order chi connectivity index (χ0) is 28.1. The van der Waals surface area contributed by atoms with Crippen molar-refractivity contribution >= 4 is 70.6 Å². The van der Waals surface area contributed by atoms with Gasteiger partial charge in [-0.1, -0.05) is 109 Å². The fourth-order valence-corrected chi connectivity index (χ4v) is 5.04. The Labute approximate surface area is 280 Å². The minimum Gasteiger partial charge on any atom is -1.00 e. The number of rotatable bonds is 0. The molecule has 0 saturated carbocycles. The molecule has 3 aromatic rings. The maximum atomic E-state index is 4.35. The first-order valence-electron chi connectivity index (χ1n) is 13.6. The Morgan fingerprint density at radius 1 is 0.289 bits per heavy atom. The van der Waals surface area contributed by atoms with E-state index >= 15 is 0 Å². The van der Waals surface area contributed by atoms with Crippen LogP contribution in [0.25, 0.3) is 68.4 Å². The predicted molar refractivity (Wildman–Crippen MR) is 180 cm³/mol. The molecule has 0 bridgehead atoms. The molecule has 0 aliphatic carbocycles. The second-order valence-electron chi connectivity index (χ2n) is 9.65. The van der Waals surface area contributed by atoms with E-state index in [2.05, 4.69) is 105 Å². The van der Waals surface area contributed by atoms with Crippen LogP contribution in [0.2, 0.25) is 0 Å². The third-order valence-corrected chi connectivity index (χ3v) is 7.03. The van der Waals surface area contributed by atoms with Crippen LogP contribution in [0.5, 0.6) is 0 Å². The van der Waals surface area contributed by atoms with Crippen molar-refractivity contribution in [2.24, 2.45) is 0 Å². The monoisotopic (exact) mass is 695 g/mol. The van der Waals surface area contributed by atoms with Gasteiger partial charge in [0.25, 0.3) is 0 Å². The van der Waals surface area contributed by atoms with Gasteiger partial charge >= 0.3 is 19.5 Å². The molecule has 0 fully saturated rings. The van der Waals surface area contributed by atoms with Crippen molar-refractivity contribution in [1.29, 1.82) is 0 Å². The van der Waals surface area contributed by atoms with Crippen molar-refractivity contribution in [3.8, 4) is 0 Å². The van der Waals surface area contributed by atoms with Gasteiger partial charge in [-0.05, 0) is 31.3 Å². The molecular formula is C36H26ClN6ORu+. The Morgan fingerprint density at radius 2 is 0.444 bits per heavy atom. The van der Waals surface area contributed by atoms with Crippen molar-refractivity contribution in [3.05, 3.63) is 173 Å². The predicted octanol–water partition coefficient (Wildman–Crippen LogP) is 3.11. The number of hydrogen-bond acceptors (Lipinski definition) is 0. The average Bonchev–Trinajstić information content (AvgIpc) is 3.09. The van der Waals surface area contributed by atoms with Crippen molar-refractivity contribution in [2.75, 3.05) is 0 Å². The molecule has 0 saturated heterocycles. The van der Waals surface area contributed by atoms with Crippen molar-refractivity contribution in [3.63, 3.8) is 0 Å². The van der Waals surface area contributed by atoms with Crippen molar-refractivity contribution < 1.29 is 37.4 Å². The first-order valence-corrected chi connectivity index (χ1v) is 13.6. The van der Waals surface area contributed by atoms with Gasteiger partial charge in [-0.3, -0.25) is 0 Å². The molecule has 0 radical (unpaired) electrons. The van der Waals surface area contributed by atoms with Gasteiger partial charge in [0, 0.05) is 0 Å². The van der Waals surface area contributed by atoms with Crippen LogP contribution in [0.15, 0.2) is 110 Å². The van der Waals surface area contributed by atoms with E-state index in [9.17, 15) is 0 Å². The second kappa shape index (κ2) is 15.1. The molecule has 0 unspecified atom stereocenters. The summed E-state index contributed by atoms with van der Waals surface area (Å²) in [4.78, 5) is 0. The molecule has 45 heavy (non-hydrogen) atoms.